The van der Waals surface area contributed by atoms with Crippen LogP contribution >= 0.6 is 0 Å². The maximum absolute atomic E-state index is 11.5. The van der Waals surface area contributed by atoms with Gasteiger partial charge in [-0.3, -0.25) is 4.79 Å². The zero-order valence-electron chi connectivity index (χ0n) is 10.7. The second kappa shape index (κ2) is 5.64. The molecule has 0 aromatic rings. The van der Waals surface area contributed by atoms with Gasteiger partial charge in [-0.1, -0.05) is 6.42 Å². The molecule has 0 bridgehead atoms. The number of hydrogen-bond acceptors (Lipinski definition) is 4. The van der Waals surface area contributed by atoms with Crippen molar-refractivity contribution in [3.63, 3.8) is 0 Å². The van der Waals surface area contributed by atoms with Gasteiger partial charge in [-0.15, -0.1) is 0 Å². The number of likely N-dealkylation sites (tertiary alicyclic amines) is 1. The molecule has 0 amide bonds. The Morgan fingerprint density at radius 2 is 2.00 bits per heavy atom. The Morgan fingerprint density at radius 3 is 2.50 bits per heavy atom. The van der Waals surface area contributed by atoms with Crippen molar-refractivity contribution in [1.29, 1.82) is 0 Å². The molecular weight excluding hydrogens is 204 g/mol. The van der Waals surface area contributed by atoms with Gasteiger partial charge in [0.25, 0.3) is 0 Å². The molecule has 0 saturated carbocycles. The second-order valence-electron chi connectivity index (χ2n) is 5.06. The molecule has 1 rings (SSSR count). The SMILES string of the molecule is COC(=O)C(C)(N)CC(C)N1CCCCC1. The quantitative estimate of drug-likeness (QED) is 0.733. The van der Waals surface area contributed by atoms with Crippen LogP contribution in [0.4, 0.5) is 0 Å². The maximum Gasteiger partial charge on any atom is 0.325 e. The largest absolute Gasteiger partial charge is 0.468 e. The van der Waals surface area contributed by atoms with Gasteiger partial charge in [-0.25, -0.2) is 0 Å². The summed E-state index contributed by atoms with van der Waals surface area (Å²) in [5, 5.41) is 0. The van der Waals surface area contributed by atoms with Crippen molar-refractivity contribution in [2.24, 2.45) is 5.73 Å². The average molecular weight is 228 g/mol. The minimum absolute atomic E-state index is 0.323. The number of hydrogen-bond donors (Lipinski definition) is 1. The van der Waals surface area contributed by atoms with Crippen molar-refractivity contribution in [1.82, 2.24) is 4.90 Å². The van der Waals surface area contributed by atoms with Crippen molar-refractivity contribution in [3.05, 3.63) is 0 Å². The molecule has 0 aromatic heterocycles. The smallest absolute Gasteiger partial charge is 0.325 e. The Kier molecular flexibility index (Phi) is 4.74. The molecule has 0 aromatic carbocycles. The van der Waals surface area contributed by atoms with Crippen LogP contribution in [0.1, 0.15) is 39.5 Å². The Morgan fingerprint density at radius 1 is 1.44 bits per heavy atom. The molecular formula is C12H24N2O2. The van der Waals surface area contributed by atoms with E-state index in [1.807, 2.05) is 0 Å². The molecule has 1 heterocycles. The standard InChI is InChI=1S/C12H24N2O2/c1-10(14-7-5-4-6-8-14)9-12(2,13)11(15)16-3/h10H,4-9,13H2,1-3H3. The predicted octanol–water partition coefficient (Wildman–Crippen LogP) is 1.14. The van der Waals surface area contributed by atoms with E-state index in [1.165, 1.54) is 26.4 Å². The topological polar surface area (TPSA) is 55.6 Å². The molecule has 0 spiro atoms. The van der Waals surface area contributed by atoms with Crippen molar-refractivity contribution >= 4 is 5.97 Å². The summed E-state index contributed by atoms with van der Waals surface area (Å²) >= 11 is 0. The van der Waals surface area contributed by atoms with Crippen LogP contribution < -0.4 is 5.73 Å². The Balaban J connectivity index is 2.48. The van der Waals surface area contributed by atoms with Crippen molar-refractivity contribution in [2.75, 3.05) is 20.2 Å². The molecule has 2 unspecified atom stereocenters. The van der Waals surface area contributed by atoms with Crippen LogP contribution in [0.2, 0.25) is 0 Å². The molecule has 4 heteroatoms. The zero-order chi connectivity index (χ0) is 12.2. The van der Waals surface area contributed by atoms with Crippen LogP contribution in [-0.4, -0.2) is 42.6 Å². The van der Waals surface area contributed by atoms with E-state index in [2.05, 4.69) is 11.8 Å². The van der Waals surface area contributed by atoms with Gasteiger partial charge in [0.2, 0.25) is 0 Å². The van der Waals surface area contributed by atoms with Crippen LogP contribution in [-0.2, 0) is 9.53 Å². The van der Waals surface area contributed by atoms with Gasteiger partial charge in [0.15, 0.2) is 0 Å². The lowest BCUT2D eigenvalue weighted by Crippen LogP contribution is -2.51. The average Bonchev–Trinajstić information content (AvgIpc) is 2.28. The van der Waals surface area contributed by atoms with Gasteiger partial charge in [0, 0.05) is 6.04 Å². The summed E-state index contributed by atoms with van der Waals surface area (Å²) in [6.45, 7) is 6.13. The molecule has 4 nitrogen and oxygen atoms in total. The highest BCUT2D eigenvalue weighted by Crippen LogP contribution is 2.19. The highest BCUT2D eigenvalue weighted by molar-refractivity contribution is 5.79. The number of nitrogens with two attached hydrogens (primary N) is 1. The minimum atomic E-state index is -0.869. The number of nitrogens with zero attached hydrogens (tertiary/aromatic N) is 1. The van der Waals surface area contributed by atoms with E-state index < -0.39 is 5.54 Å². The summed E-state index contributed by atoms with van der Waals surface area (Å²) in [4.78, 5) is 13.9. The summed E-state index contributed by atoms with van der Waals surface area (Å²) in [6, 6.07) is 0.342. The van der Waals surface area contributed by atoms with Crippen LogP contribution in [0.5, 0.6) is 0 Å². The third-order valence-electron chi connectivity index (χ3n) is 3.39. The van der Waals surface area contributed by atoms with Crippen LogP contribution in [0.25, 0.3) is 0 Å². The van der Waals surface area contributed by atoms with E-state index in [0.29, 0.717) is 12.5 Å². The lowest BCUT2D eigenvalue weighted by molar-refractivity contribution is -0.147. The van der Waals surface area contributed by atoms with Gasteiger partial charge in [0.1, 0.15) is 5.54 Å². The summed E-state index contributed by atoms with van der Waals surface area (Å²) in [5.74, 6) is -0.323. The molecule has 2 N–H and O–H groups in total. The first-order valence-electron chi connectivity index (χ1n) is 6.08. The number of piperidine rings is 1. The molecule has 1 aliphatic rings. The maximum atomic E-state index is 11.5. The number of carbonyl (C=O) groups is 1. The summed E-state index contributed by atoms with van der Waals surface area (Å²) in [6.07, 6.45) is 4.48. The highest BCUT2D eigenvalue weighted by Gasteiger charge is 2.33. The fourth-order valence-corrected chi connectivity index (χ4v) is 2.42. The Labute approximate surface area is 98.1 Å². The Bertz CT molecular complexity index is 235. The molecule has 16 heavy (non-hydrogen) atoms. The van der Waals surface area contributed by atoms with Gasteiger partial charge in [-0.2, -0.15) is 0 Å². The van der Waals surface area contributed by atoms with E-state index in [4.69, 9.17) is 10.5 Å². The van der Waals surface area contributed by atoms with Gasteiger partial charge in [0.05, 0.1) is 7.11 Å². The number of ether oxygens (including phenoxy) is 1. The van der Waals surface area contributed by atoms with E-state index >= 15 is 0 Å². The molecule has 1 aliphatic heterocycles. The minimum Gasteiger partial charge on any atom is -0.468 e. The van der Waals surface area contributed by atoms with Gasteiger partial charge in [-0.05, 0) is 46.2 Å². The van der Waals surface area contributed by atoms with Crippen LogP contribution in [0.15, 0.2) is 0 Å². The lowest BCUT2D eigenvalue weighted by atomic mass is 9.93. The van der Waals surface area contributed by atoms with Crippen molar-refractivity contribution in [3.8, 4) is 0 Å². The fourth-order valence-electron chi connectivity index (χ4n) is 2.42. The third-order valence-corrected chi connectivity index (χ3v) is 3.39. The molecule has 2 atom stereocenters. The van der Waals surface area contributed by atoms with Crippen LogP contribution in [0.3, 0.4) is 0 Å². The number of carbonyl (C=O) groups excluding carboxylic acids is 1. The number of methoxy groups -OCH3 is 1. The van der Waals surface area contributed by atoms with Gasteiger partial charge < -0.3 is 15.4 Å². The summed E-state index contributed by atoms with van der Waals surface area (Å²) < 4.78 is 4.72. The van der Waals surface area contributed by atoms with Crippen LogP contribution in [0, 0.1) is 0 Å². The number of esters is 1. The predicted molar refractivity (Wildman–Crippen MR) is 64.1 cm³/mol. The van der Waals surface area contributed by atoms with E-state index in [-0.39, 0.29) is 5.97 Å². The van der Waals surface area contributed by atoms with Gasteiger partial charge >= 0.3 is 5.97 Å². The highest BCUT2D eigenvalue weighted by atomic mass is 16.5. The molecule has 0 radical (unpaired) electrons. The molecule has 0 aliphatic carbocycles. The third kappa shape index (κ3) is 3.46. The summed E-state index contributed by atoms with van der Waals surface area (Å²) in [7, 11) is 1.39. The first-order chi connectivity index (χ1) is 7.47. The monoisotopic (exact) mass is 228 g/mol. The zero-order valence-corrected chi connectivity index (χ0v) is 10.7. The van der Waals surface area contributed by atoms with E-state index in [1.54, 1.807) is 6.92 Å². The van der Waals surface area contributed by atoms with Crippen molar-refractivity contribution in [2.45, 2.75) is 51.1 Å². The van der Waals surface area contributed by atoms with E-state index in [0.717, 1.165) is 13.1 Å². The first-order valence-corrected chi connectivity index (χ1v) is 6.08. The normalized spacial score (nSPS) is 23.5. The second-order valence-corrected chi connectivity index (χ2v) is 5.06. The molecule has 94 valence electrons. The Hall–Kier alpha value is -0.610. The number of rotatable bonds is 4. The first kappa shape index (κ1) is 13.5. The summed E-state index contributed by atoms with van der Waals surface area (Å²) in [5.41, 5.74) is 5.11. The molecule has 1 fully saturated rings. The lowest BCUT2D eigenvalue weighted by Gasteiger charge is -2.35. The van der Waals surface area contributed by atoms with E-state index in [9.17, 15) is 4.79 Å². The fraction of sp³-hybridized carbons (Fsp3) is 0.917. The molecule has 1 saturated heterocycles. The van der Waals surface area contributed by atoms with Crippen molar-refractivity contribution < 1.29 is 9.53 Å².